The number of aliphatic imine (C=N–C) groups is 1. The first-order valence-corrected chi connectivity index (χ1v) is 10.2. The fourth-order valence-electron chi connectivity index (χ4n) is 3.49. The molecule has 0 spiro atoms. The maximum Gasteiger partial charge on any atom is 0.261 e. The minimum Gasteiger partial charge on any atom is -0.496 e. The highest BCUT2D eigenvalue weighted by Gasteiger charge is 2.34. The minimum atomic E-state index is -0.197. The fraction of sp³-hybridized carbons (Fsp3) is 0.348. The molecule has 2 amide bonds. The molecular weight excluding hydrogens is 507 g/mol. The molecule has 8 heteroatoms. The minimum absolute atomic E-state index is 0. The van der Waals surface area contributed by atoms with Crippen LogP contribution in [0.4, 0.5) is 0 Å². The molecule has 0 bridgehead atoms. The summed E-state index contributed by atoms with van der Waals surface area (Å²) >= 11 is 0. The van der Waals surface area contributed by atoms with Gasteiger partial charge in [-0.15, -0.1) is 24.0 Å². The molecule has 0 saturated heterocycles. The van der Waals surface area contributed by atoms with Gasteiger partial charge < -0.3 is 15.4 Å². The number of para-hydroxylation sites is 1. The summed E-state index contributed by atoms with van der Waals surface area (Å²) in [6, 6.07) is 14.9. The zero-order valence-corrected chi connectivity index (χ0v) is 20.2. The number of imide groups is 1. The van der Waals surface area contributed by atoms with Crippen LogP contribution >= 0.6 is 24.0 Å². The summed E-state index contributed by atoms with van der Waals surface area (Å²) in [5.74, 6) is 1.22. The van der Waals surface area contributed by atoms with Gasteiger partial charge in [0.1, 0.15) is 5.75 Å². The van der Waals surface area contributed by atoms with E-state index in [9.17, 15) is 9.59 Å². The second-order valence-corrected chi connectivity index (χ2v) is 7.00. The predicted molar refractivity (Wildman–Crippen MR) is 133 cm³/mol. The van der Waals surface area contributed by atoms with Gasteiger partial charge in [0.2, 0.25) is 0 Å². The lowest BCUT2D eigenvalue weighted by Crippen LogP contribution is -2.39. The van der Waals surface area contributed by atoms with E-state index in [0.717, 1.165) is 43.1 Å². The average molecular weight is 536 g/mol. The summed E-state index contributed by atoms with van der Waals surface area (Å²) in [7, 11) is 3.41. The van der Waals surface area contributed by atoms with Crippen LogP contribution in [0.1, 0.15) is 39.1 Å². The fourth-order valence-corrected chi connectivity index (χ4v) is 3.49. The van der Waals surface area contributed by atoms with E-state index in [2.05, 4.69) is 21.7 Å². The number of benzene rings is 2. The van der Waals surface area contributed by atoms with Gasteiger partial charge in [0, 0.05) is 26.7 Å². The number of hydrogen-bond donors (Lipinski definition) is 2. The Kier molecular flexibility index (Phi) is 9.77. The lowest BCUT2D eigenvalue weighted by Gasteiger charge is -2.15. The monoisotopic (exact) mass is 536 g/mol. The van der Waals surface area contributed by atoms with Gasteiger partial charge >= 0.3 is 0 Å². The highest BCUT2D eigenvalue weighted by Crippen LogP contribution is 2.22. The molecule has 0 aromatic heterocycles. The van der Waals surface area contributed by atoms with Crippen LogP contribution in [0.25, 0.3) is 0 Å². The molecule has 1 aliphatic rings. The van der Waals surface area contributed by atoms with Gasteiger partial charge in [0.15, 0.2) is 5.96 Å². The lowest BCUT2D eigenvalue weighted by molar-refractivity contribution is 0.0652. The second kappa shape index (κ2) is 12.3. The topological polar surface area (TPSA) is 83.0 Å². The quantitative estimate of drug-likeness (QED) is 0.169. The van der Waals surface area contributed by atoms with Gasteiger partial charge in [0.05, 0.1) is 18.2 Å². The number of carbonyl (C=O) groups is 2. The van der Waals surface area contributed by atoms with Gasteiger partial charge in [-0.25, -0.2) is 0 Å². The summed E-state index contributed by atoms with van der Waals surface area (Å²) in [5.41, 5.74) is 2.14. The summed E-state index contributed by atoms with van der Waals surface area (Å²) in [6.07, 6.45) is 2.38. The lowest BCUT2D eigenvalue weighted by atomic mass is 10.1. The third kappa shape index (κ3) is 6.19. The molecule has 0 aliphatic carbocycles. The van der Waals surface area contributed by atoms with Gasteiger partial charge in [-0.05, 0) is 43.0 Å². The molecule has 0 fully saturated rings. The van der Waals surface area contributed by atoms with Crippen molar-refractivity contribution in [3.05, 3.63) is 65.2 Å². The summed E-state index contributed by atoms with van der Waals surface area (Å²) in [6.45, 7) is 1.86. The van der Waals surface area contributed by atoms with Crippen LogP contribution < -0.4 is 15.4 Å². The van der Waals surface area contributed by atoms with Crippen LogP contribution in [-0.4, -0.2) is 56.5 Å². The number of halogens is 1. The molecule has 0 unspecified atom stereocenters. The van der Waals surface area contributed by atoms with E-state index < -0.39 is 0 Å². The first-order chi connectivity index (χ1) is 14.7. The molecule has 1 heterocycles. The smallest absolute Gasteiger partial charge is 0.261 e. The normalized spacial score (nSPS) is 13.0. The van der Waals surface area contributed by atoms with Crippen molar-refractivity contribution in [3.63, 3.8) is 0 Å². The van der Waals surface area contributed by atoms with Gasteiger partial charge in [-0.1, -0.05) is 30.3 Å². The van der Waals surface area contributed by atoms with Crippen molar-refractivity contribution in [1.29, 1.82) is 0 Å². The van der Waals surface area contributed by atoms with Crippen molar-refractivity contribution in [2.24, 2.45) is 4.99 Å². The standard InChI is InChI=1S/C23H28N4O3.HI/c1-24-23(26-15-13-17-9-3-6-12-20(17)30-2)25-14-7-8-16-27-21(28)18-10-4-5-11-19(18)22(27)29;/h3-6,9-12H,7-8,13-16H2,1-2H3,(H2,24,25,26);1H. The van der Waals surface area contributed by atoms with Crippen LogP contribution in [-0.2, 0) is 6.42 Å². The predicted octanol–water partition coefficient (Wildman–Crippen LogP) is 3.10. The number of nitrogens with one attached hydrogen (secondary N) is 2. The van der Waals surface area contributed by atoms with Crippen molar-refractivity contribution in [3.8, 4) is 5.75 Å². The van der Waals surface area contributed by atoms with Crippen molar-refractivity contribution in [2.75, 3.05) is 33.8 Å². The maximum absolute atomic E-state index is 12.4. The largest absolute Gasteiger partial charge is 0.496 e. The highest BCUT2D eigenvalue weighted by molar-refractivity contribution is 14.0. The van der Waals surface area contributed by atoms with Crippen LogP contribution in [0.15, 0.2) is 53.5 Å². The zero-order chi connectivity index (χ0) is 21.3. The first kappa shape index (κ1) is 24.6. The van der Waals surface area contributed by atoms with Gasteiger partial charge in [0.25, 0.3) is 11.8 Å². The maximum atomic E-state index is 12.4. The number of ether oxygens (including phenoxy) is 1. The molecule has 0 atom stereocenters. The van der Waals surface area contributed by atoms with Crippen LogP contribution in [0.2, 0.25) is 0 Å². The summed E-state index contributed by atoms with van der Waals surface area (Å²) in [4.78, 5) is 30.3. The molecule has 2 aromatic carbocycles. The first-order valence-electron chi connectivity index (χ1n) is 10.2. The van der Waals surface area contributed by atoms with E-state index in [4.69, 9.17) is 4.74 Å². The van der Waals surface area contributed by atoms with Crippen LogP contribution in [0.3, 0.4) is 0 Å². The zero-order valence-electron chi connectivity index (χ0n) is 17.9. The van der Waals surface area contributed by atoms with Crippen molar-refractivity contribution in [1.82, 2.24) is 15.5 Å². The van der Waals surface area contributed by atoms with E-state index in [1.807, 2.05) is 18.2 Å². The number of fused-ring (bicyclic) bond motifs is 1. The summed E-state index contributed by atoms with van der Waals surface area (Å²) < 4.78 is 5.37. The van der Waals surface area contributed by atoms with Gasteiger partial charge in [-0.2, -0.15) is 0 Å². The Balaban J connectivity index is 0.00000341. The van der Waals surface area contributed by atoms with Crippen LogP contribution in [0, 0.1) is 0 Å². The number of amides is 2. The SMILES string of the molecule is CN=C(NCCCCN1C(=O)c2ccccc2C1=O)NCCc1ccccc1OC.I. The third-order valence-electron chi connectivity index (χ3n) is 5.08. The Morgan fingerprint density at radius 1 is 0.935 bits per heavy atom. The Hall–Kier alpha value is -2.62. The number of nitrogens with zero attached hydrogens (tertiary/aromatic N) is 2. The Morgan fingerprint density at radius 2 is 1.55 bits per heavy atom. The highest BCUT2D eigenvalue weighted by atomic mass is 127. The van der Waals surface area contributed by atoms with E-state index >= 15 is 0 Å². The molecule has 0 saturated carbocycles. The molecule has 31 heavy (non-hydrogen) atoms. The Morgan fingerprint density at radius 3 is 2.19 bits per heavy atom. The molecule has 1 aliphatic heterocycles. The number of hydrogen-bond acceptors (Lipinski definition) is 4. The molecular formula is C23H29IN4O3. The average Bonchev–Trinajstić information content (AvgIpc) is 3.02. The third-order valence-corrected chi connectivity index (χ3v) is 5.08. The molecule has 2 aromatic rings. The summed E-state index contributed by atoms with van der Waals surface area (Å²) in [5, 5.41) is 6.56. The number of carbonyl (C=O) groups excluding carboxylic acids is 2. The molecule has 3 rings (SSSR count). The Labute approximate surface area is 200 Å². The van der Waals surface area contributed by atoms with Crippen LogP contribution in [0.5, 0.6) is 5.75 Å². The number of methoxy groups -OCH3 is 1. The van der Waals surface area contributed by atoms with Crippen molar-refractivity contribution < 1.29 is 14.3 Å². The van der Waals surface area contributed by atoms with E-state index in [0.29, 0.717) is 24.2 Å². The molecule has 0 radical (unpaired) electrons. The molecule has 7 nitrogen and oxygen atoms in total. The van der Waals surface area contributed by atoms with Crippen molar-refractivity contribution in [2.45, 2.75) is 19.3 Å². The van der Waals surface area contributed by atoms with E-state index in [1.165, 1.54) is 4.90 Å². The second-order valence-electron chi connectivity index (χ2n) is 7.00. The van der Waals surface area contributed by atoms with E-state index in [-0.39, 0.29) is 35.8 Å². The van der Waals surface area contributed by atoms with E-state index in [1.54, 1.807) is 38.4 Å². The molecule has 2 N–H and O–H groups in total. The Bertz CT molecular complexity index is 898. The van der Waals surface area contributed by atoms with Crippen molar-refractivity contribution >= 4 is 41.8 Å². The number of unbranched alkanes of at least 4 members (excludes halogenated alkanes) is 1. The number of rotatable bonds is 9. The number of guanidine groups is 1. The molecule has 166 valence electrons. The van der Waals surface area contributed by atoms with Gasteiger partial charge in [-0.3, -0.25) is 19.5 Å².